The maximum Gasteiger partial charge on any atom is 0.394 e. The molecule has 1 aromatic carbocycles. The van der Waals surface area contributed by atoms with Crippen LogP contribution >= 0.6 is 15.9 Å². The van der Waals surface area contributed by atoms with Gasteiger partial charge in [0.1, 0.15) is 0 Å². The monoisotopic (exact) mass is 442 g/mol. The van der Waals surface area contributed by atoms with E-state index < -0.39 is 17.1 Å². The fourth-order valence-electron chi connectivity index (χ4n) is 5.27. The lowest BCUT2D eigenvalue weighted by Gasteiger charge is -2.70. The lowest BCUT2D eigenvalue weighted by atomic mass is 9.39. The van der Waals surface area contributed by atoms with E-state index in [2.05, 4.69) is 21.2 Å². The standard InChI is InChI=1S/C19H18BrF3N2O2/c20-11-1-2-12-13(5-11)16(3-4-16)10-25(15(12)27)6-14(26)24-18-7-17(8-18,9-18)19(21,22)23/h1-2,5H,3-4,6-10H2,(H,24,26). The van der Waals surface area contributed by atoms with Gasteiger partial charge in [-0.15, -0.1) is 0 Å². The van der Waals surface area contributed by atoms with Crippen LogP contribution in [0.2, 0.25) is 0 Å². The summed E-state index contributed by atoms with van der Waals surface area (Å²) in [5.41, 5.74) is -0.734. The summed E-state index contributed by atoms with van der Waals surface area (Å²) >= 11 is 3.45. The molecule has 5 aliphatic rings. The van der Waals surface area contributed by atoms with Crippen molar-refractivity contribution in [3.8, 4) is 0 Å². The second-order valence-corrected chi connectivity index (χ2v) is 9.68. The Bertz CT molecular complexity index is 858. The molecule has 0 radical (unpaired) electrons. The molecule has 1 aromatic rings. The van der Waals surface area contributed by atoms with E-state index in [1.807, 2.05) is 12.1 Å². The Kier molecular flexibility index (Phi) is 3.29. The van der Waals surface area contributed by atoms with Crippen LogP contribution < -0.4 is 5.32 Å². The molecule has 0 unspecified atom stereocenters. The van der Waals surface area contributed by atoms with Gasteiger partial charge in [-0.25, -0.2) is 0 Å². The second kappa shape index (κ2) is 5.07. The average molecular weight is 443 g/mol. The number of halogens is 4. The summed E-state index contributed by atoms with van der Waals surface area (Å²) in [6.07, 6.45) is -2.36. The number of nitrogens with zero attached hydrogens (tertiary/aromatic N) is 1. The zero-order valence-corrected chi connectivity index (χ0v) is 16.0. The number of rotatable bonds is 3. The molecule has 27 heavy (non-hydrogen) atoms. The van der Waals surface area contributed by atoms with Gasteiger partial charge >= 0.3 is 6.18 Å². The van der Waals surface area contributed by atoms with E-state index in [1.54, 1.807) is 11.0 Å². The Hall–Kier alpha value is -1.57. The minimum absolute atomic E-state index is 0.0377. The van der Waals surface area contributed by atoms with Gasteiger partial charge in [0.2, 0.25) is 5.91 Å². The van der Waals surface area contributed by atoms with Gasteiger partial charge in [-0.3, -0.25) is 9.59 Å². The number of carbonyl (C=O) groups is 2. The number of hydrogen-bond acceptors (Lipinski definition) is 2. The van der Waals surface area contributed by atoms with Gasteiger partial charge in [0.15, 0.2) is 0 Å². The number of alkyl halides is 3. The molecular weight excluding hydrogens is 425 g/mol. The van der Waals surface area contributed by atoms with Crippen LogP contribution in [-0.4, -0.2) is 41.5 Å². The Morgan fingerprint density at radius 3 is 2.48 bits per heavy atom. The Morgan fingerprint density at radius 2 is 1.89 bits per heavy atom. The quantitative estimate of drug-likeness (QED) is 0.778. The Balaban J connectivity index is 1.27. The van der Waals surface area contributed by atoms with Crippen molar-refractivity contribution in [3.63, 3.8) is 0 Å². The van der Waals surface area contributed by atoms with Crippen LogP contribution in [0.1, 0.15) is 48.0 Å². The van der Waals surface area contributed by atoms with E-state index in [0.717, 1.165) is 22.9 Å². The number of hydrogen-bond donors (Lipinski definition) is 1. The largest absolute Gasteiger partial charge is 0.394 e. The zero-order chi connectivity index (χ0) is 19.2. The Morgan fingerprint density at radius 1 is 1.22 bits per heavy atom. The molecule has 4 aliphatic carbocycles. The molecule has 4 nitrogen and oxygen atoms in total. The molecule has 1 N–H and O–H groups in total. The van der Waals surface area contributed by atoms with Crippen molar-refractivity contribution < 1.29 is 22.8 Å². The number of fused-ring (bicyclic) bond motifs is 2. The van der Waals surface area contributed by atoms with Gasteiger partial charge in [-0.2, -0.15) is 13.2 Å². The molecule has 1 spiro atoms. The van der Waals surface area contributed by atoms with E-state index in [4.69, 9.17) is 0 Å². The fourth-order valence-corrected chi connectivity index (χ4v) is 5.63. The van der Waals surface area contributed by atoms with Crippen LogP contribution in [0.5, 0.6) is 0 Å². The Labute approximate surface area is 162 Å². The van der Waals surface area contributed by atoms with Crippen molar-refractivity contribution in [1.82, 2.24) is 10.2 Å². The topological polar surface area (TPSA) is 49.4 Å². The molecule has 0 atom stereocenters. The minimum atomic E-state index is -4.20. The van der Waals surface area contributed by atoms with Gasteiger partial charge in [0.25, 0.3) is 5.91 Å². The van der Waals surface area contributed by atoms with Gasteiger partial charge < -0.3 is 10.2 Å². The molecular formula is C19H18BrF3N2O2. The first kappa shape index (κ1) is 17.5. The SMILES string of the molecule is O=C(CN1CC2(CC2)c2cc(Br)ccc2C1=O)NC12CC(C(F)(F)F)(C1)C2. The summed E-state index contributed by atoms with van der Waals surface area (Å²) in [5.74, 6) is -0.551. The van der Waals surface area contributed by atoms with Crippen molar-refractivity contribution in [2.24, 2.45) is 5.41 Å². The third-order valence-electron chi connectivity index (χ3n) is 6.79. The van der Waals surface area contributed by atoms with Gasteiger partial charge in [0, 0.05) is 27.5 Å². The van der Waals surface area contributed by atoms with E-state index in [0.29, 0.717) is 12.1 Å². The van der Waals surface area contributed by atoms with Crippen LogP contribution in [0.25, 0.3) is 0 Å². The van der Waals surface area contributed by atoms with Gasteiger partial charge in [-0.05, 0) is 55.9 Å². The van der Waals surface area contributed by atoms with Crippen LogP contribution in [0, 0.1) is 5.41 Å². The number of carbonyl (C=O) groups excluding carboxylic acids is 2. The summed E-state index contributed by atoms with van der Waals surface area (Å²) in [7, 11) is 0. The number of benzene rings is 1. The van der Waals surface area contributed by atoms with Crippen LogP contribution in [0.3, 0.4) is 0 Å². The molecule has 144 valence electrons. The first-order chi connectivity index (χ1) is 12.6. The predicted octanol–water partition coefficient (Wildman–Crippen LogP) is 3.54. The van der Waals surface area contributed by atoms with Crippen LogP contribution in [0.15, 0.2) is 22.7 Å². The third-order valence-corrected chi connectivity index (χ3v) is 7.28. The van der Waals surface area contributed by atoms with Crippen LogP contribution in [0.4, 0.5) is 13.2 Å². The van der Waals surface area contributed by atoms with Crippen molar-refractivity contribution >= 4 is 27.7 Å². The molecule has 0 aromatic heterocycles. The van der Waals surface area contributed by atoms with Crippen molar-refractivity contribution in [1.29, 1.82) is 0 Å². The third kappa shape index (κ3) is 2.41. The van der Waals surface area contributed by atoms with Crippen molar-refractivity contribution in [2.45, 2.75) is 49.2 Å². The lowest BCUT2D eigenvalue weighted by Crippen LogP contribution is -2.79. The van der Waals surface area contributed by atoms with E-state index >= 15 is 0 Å². The summed E-state index contributed by atoms with van der Waals surface area (Å²) in [5, 5.41) is 2.76. The minimum Gasteiger partial charge on any atom is -0.349 e. The normalized spacial score (nSPS) is 32.4. The predicted molar refractivity (Wildman–Crippen MR) is 94.2 cm³/mol. The molecule has 4 saturated carbocycles. The van der Waals surface area contributed by atoms with Crippen molar-refractivity contribution in [3.05, 3.63) is 33.8 Å². The highest BCUT2D eigenvalue weighted by Crippen LogP contribution is 2.73. The van der Waals surface area contributed by atoms with Gasteiger partial charge in [0.05, 0.1) is 12.0 Å². The maximum absolute atomic E-state index is 12.9. The number of nitrogens with one attached hydrogen (secondary N) is 1. The molecule has 0 saturated heterocycles. The smallest absolute Gasteiger partial charge is 0.349 e. The first-order valence-corrected chi connectivity index (χ1v) is 9.84. The van der Waals surface area contributed by atoms with Crippen molar-refractivity contribution in [2.75, 3.05) is 13.1 Å². The fraction of sp³-hybridized carbons (Fsp3) is 0.579. The molecule has 6 rings (SSSR count). The highest BCUT2D eigenvalue weighted by molar-refractivity contribution is 9.10. The molecule has 2 amide bonds. The lowest BCUT2D eigenvalue weighted by molar-refractivity contribution is -0.337. The summed E-state index contributed by atoms with van der Waals surface area (Å²) < 4.78 is 39.8. The highest BCUT2D eigenvalue weighted by atomic mass is 79.9. The number of amides is 2. The highest BCUT2D eigenvalue weighted by Gasteiger charge is 2.79. The van der Waals surface area contributed by atoms with E-state index in [9.17, 15) is 22.8 Å². The molecule has 1 heterocycles. The first-order valence-electron chi connectivity index (χ1n) is 9.04. The average Bonchev–Trinajstić information content (AvgIpc) is 3.26. The summed E-state index contributed by atoms with van der Waals surface area (Å²) in [4.78, 5) is 26.8. The molecule has 4 fully saturated rings. The van der Waals surface area contributed by atoms with E-state index in [-0.39, 0.29) is 43.0 Å². The summed E-state index contributed by atoms with van der Waals surface area (Å²) in [6, 6.07) is 5.57. The molecule has 8 heteroatoms. The van der Waals surface area contributed by atoms with Crippen LogP contribution in [-0.2, 0) is 10.2 Å². The summed E-state index contributed by atoms with van der Waals surface area (Å²) in [6.45, 7) is 0.388. The zero-order valence-electron chi connectivity index (χ0n) is 14.5. The van der Waals surface area contributed by atoms with Gasteiger partial charge in [-0.1, -0.05) is 15.9 Å². The van der Waals surface area contributed by atoms with E-state index in [1.165, 1.54) is 0 Å². The molecule has 2 bridgehead atoms. The molecule has 1 aliphatic heterocycles. The second-order valence-electron chi connectivity index (χ2n) is 8.77. The maximum atomic E-state index is 12.9.